The van der Waals surface area contributed by atoms with Crippen molar-refractivity contribution in [3.05, 3.63) is 113 Å². The molecule has 0 aliphatic carbocycles. The summed E-state index contributed by atoms with van der Waals surface area (Å²) in [4.78, 5) is 15.1. The fraction of sp³-hybridized carbons (Fsp3) is 0.100. The third-order valence-electron chi connectivity index (χ3n) is 5.93. The maximum atomic E-state index is 13.0. The molecule has 0 atom stereocenters. The van der Waals surface area contributed by atoms with E-state index in [9.17, 15) is 18.0 Å². The average Bonchev–Trinajstić information content (AvgIpc) is 2.93. The molecule has 0 spiro atoms. The summed E-state index contributed by atoms with van der Waals surface area (Å²) in [5.41, 5.74) is 3.01. The number of nitrogens with one attached hydrogen (secondary N) is 1. The summed E-state index contributed by atoms with van der Waals surface area (Å²) in [7, 11) is 1.50. The molecule has 0 saturated heterocycles. The number of alkyl halides is 3. The van der Waals surface area contributed by atoms with Gasteiger partial charge in [0.15, 0.2) is 5.78 Å². The van der Waals surface area contributed by atoms with E-state index in [1.54, 1.807) is 42.1 Å². The van der Waals surface area contributed by atoms with E-state index < -0.39 is 11.7 Å². The summed E-state index contributed by atoms with van der Waals surface area (Å²) >= 11 is 1.65. The minimum absolute atomic E-state index is 0.00422. The highest BCUT2D eigenvalue weighted by atomic mass is 32.2. The van der Waals surface area contributed by atoms with Crippen LogP contribution in [0.4, 0.5) is 24.5 Å². The molecule has 4 nitrogen and oxygen atoms in total. The van der Waals surface area contributed by atoms with E-state index in [2.05, 4.69) is 5.32 Å². The first-order valence-corrected chi connectivity index (χ1v) is 12.5. The van der Waals surface area contributed by atoms with Crippen molar-refractivity contribution in [1.29, 1.82) is 0 Å². The van der Waals surface area contributed by atoms with Crippen LogP contribution in [-0.2, 0) is 12.8 Å². The van der Waals surface area contributed by atoms with Crippen molar-refractivity contribution in [2.24, 2.45) is 0 Å². The Balaban J connectivity index is 1.29. The number of benzene rings is 4. The van der Waals surface area contributed by atoms with Crippen molar-refractivity contribution in [1.82, 2.24) is 0 Å². The van der Waals surface area contributed by atoms with E-state index in [0.29, 0.717) is 16.9 Å². The van der Waals surface area contributed by atoms with Gasteiger partial charge in [0.25, 0.3) is 0 Å². The van der Waals surface area contributed by atoms with E-state index in [0.717, 1.165) is 38.9 Å². The van der Waals surface area contributed by atoms with Crippen LogP contribution in [0.2, 0.25) is 0 Å². The molecule has 0 aromatic heterocycles. The van der Waals surface area contributed by atoms with E-state index in [-0.39, 0.29) is 18.1 Å². The molecule has 5 rings (SSSR count). The van der Waals surface area contributed by atoms with E-state index in [1.807, 2.05) is 36.4 Å². The molecular weight excluding hydrogens is 511 g/mol. The van der Waals surface area contributed by atoms with E-state index in [4.69, 9.17) is 9.47 Å². The van der Waals surface area contributed by atoms with Crippen LogP contribution in [-0.4, -0.2) is 12.9 Å². The van der Waals surface area contributed by atoms with Crippen LogP contribution < -0.4 is 14.8 Å². The number of allylic oxidation sites excluding steroid dienone is 1. The van der Waals surface area contributed by atoms with Crippen LogP contribution in [0.25, 0.3) is 6.08 Å². The maximum absolute atomic E-state index is 13.0. The lowest BCUT2D eigenvalue weighted by molar-refractivity contribution is -0.137. The molecule has 4 aromatic carbocycles. The molecule has 0 bridgehead atoms. The van der Waals surface area contributed by atoms with Crippen molar-refractivity contribution >= 4 is 35.0 Å². The van der Waals surface area contributed by atoms with Crippen LogP contribution in [0.15, 0.2) is 101 Å². The molecule has 4 aromatic rings. The maximum Gasteiger partial charge on any atom is 0.416 e. The highest BCUT2D eigenvalue weighted by Gasteiger charge is 2.30. The van der Waals surface area contributed by atoms with Crippen molar-refractivity contribution in [2.45, 2.75) is 22.6 Å². The van der Waals surface area contributed by atoms with Crippen LogP contribution in [0.3, 0.4) is 0 Å². The number of rotatable bonds is 7. The van der Waals surface area contributed by atoms with Crippen molar-refractivity contribution < 1.29 is 27.4 Å². The molecule has 1 N–H and O–H groups in total. The SMILES string of the molecule is COc1ccc(/C=C/C(=O)c2ccc3c(c2)Nc2ccccc2S3)cc1COc1cccc(C(F)(F)F)c1. The van der Waals surface area contributed by atoms with Crippen molar-refractivity contribution in [3.63, 3.8) is 0 Å². The van der Waals surface area contributed by atoms with E-state index in [1.165, 1.54) is 25.3 Å². The topological polar surface area (TPSA) is 47.6 Å². The number of para-hydroxylation sites is 1. The number of hydrogen-bond acceptors (Lipinski definition) is 5. The molecule has 0 amide bonds. The van der Waals surface area contributed by atoms with Crippen LogP contribution in [0.5, 0.6) is 11.5 Å². The zero-order chi connectivity index (χ0) is 26.7. The Kier molecular flexibility index (Phi) is 7.15. The Bertz CT molecular complexity index is 1530. The monoisotopic (exact) mass is 533 g/mol. The quantitative estimate of drug-likeness (QED) is 0.168. The molecular formula is C30H22F3NO3S. The molecule has 8 heteroatoms. The first-order valence-electron chi connectivity index (χ1n) is 11.7. The van der Waals surface area contributed by atoms with Gasteiger partial charge in [-0.1, -0.05) is 42.1 Å². The van der Waals surface area contributed by atoms with E-state index >= 15 is 0 Å². The summed E-state index contributed by atoms with van der Waals surface area (Å²) in [6.07, 6.45) is -1.27. The van der Waals surface area contributed by atoms with Crippen LogP contribution in [0, 0.1) is 0 Å². The fourth-order valence-corrected chi connectivity index (χ4v) is 4.97. The molecule has 0 fully saturated rings. The van der Waals surface area contributed by atoms with Gasteiger partial charge < -0.3 is 14.8 Å². The van der Waals surface area contributed by atoms with Gasteiger partial charge in [0, 0.05) is 20.9 Å². The number of carbonyl (C=O) groups excluding carboxylic acids is 1. The Morgan fingerprint density at radius 3 is 2.55 bits per heavy atom. The molecule has 1 heterocycles. The zero-order valence-electron chi connectivity index (χ0n) is 20.2. The number of ketones is 1. The number of carbonyl (C=O) groups is 1. The fourth-order valence-electron chi connectivity index (χ4n) is 4.00. The molecule has 192 valence electrons. The standard InChI is InChI=1S/C30H22F3NO3S/c1-36-27-13-10-19(15-21(27)18-37-23-6-4-5-22(17-23)30(31,32)33)9-12-26(35)20-11-14-29-25(16-20)34-24-7-2-3-8-28(24)38-29/h2-17,34H,18H2,1H3/b12-9+. The summed E-state index contributed by atoms with van der Waals surface area (Å²) in [6, 6.07) is 23.6. The first-order chi connectivity index (χ1) is 18.3. The van der Waals surface area contributed by atoms with Crippen molar-refractivity contribution in [3.8, 4) is 11.5 Å². The molecule has 38 heavy (non-hydrogen) atoms. The predicted molar refractivity (Wildman–Crippen MR) is 142 cm³/mol. The lowest BCUT2D eigenvalue weighted by atomic mass is 10.1. The van der Waals surface area contributed by atoms with Crippen LogP contribution >= 0.6 is 11.8 Å². The number of anilines is 2. The summed E-state index contributed by atoms with van der Waals surface area (Å²) in [5, 5.41) is 3.38. The highest BCUT2D eigenvalue weighted by Crippen LogP contribution is 2.44. The molecule has 1 aliphatic heterocycles. The van der Waals surface area contributed by atoms with Gasteiger partial charge in [0.1, 0.15) is 18.1 Å². The normalized spacial score (nSPS) is 12.4. The Hall–Kier alpha value is -4.17. The zero-order valence-corrected chi connectivity index (χ0v) is 21.0. The smallest absolute Gasteiger partial charge is 0.416 e. The number of ether oxygens (including phenoxy) is 2. The number of fused-ring (bicyclic) bond motifs is 2. The summed E-state index contributed by atoms with van der Waals surface area (Å²) in [5.74, 6) is 0.467. The Labute approximate surface area is 222 Å². The van der Waals surface area contributed by atoms with Crippen molar-refractivity contribution in [2.75, 3.05) is 12.4 Å². The number of halogens is 3. The van der Waals surface area contributed by atoms with Gasteiger partial charge in [-0.3, -0.25) is 4.79 Å². The van der Waals surface area contributed by atoms with Gasteiger partial charge in [0.2, 0.25) is 0 Å². The van der Waals surface area contributed by atoms with Gasteiger partial charge in [-0.15, -0.1) is 0 Å². The lowest BCUT2D eigenvalue weighted by Gasteiger charge is -2.20. The highest BCUT2D eigenvalue weighted by molar-refractivity contribution is 7.99. The largest absolute Gasteiger partial charge is 0.496 e. The van der Waals surface area contributed by atoms with Gasteiger partial charge in [0.05, 0.1) is 24.0 Å². The van der Waals surface area contributed by atoms with Crippen LogP contribution in [0.1, 0.15) is 27.0 Å². The summed E-state index contributed by atoms with van der Waals surface area (Å²) < 4.78 is 50.0. The van der Waals surface area contributed by atoms with Gasteiger partial charge in [-0.25, -0.2) is 0 Å². The van der Waals surface area contributed by atoms with Gasteiger partial charge in [-0.05, 0) is 72.3 Å². The average molecular weight is 534 g/mol. The number of methoxy groups -OCH3 is 1. The molecule has 1 aliphatic rings. The third kappa shape index (κ3) is 5.70. The number of hydrogen-bond donors (Lipinski definition) is 1. The second-order valence-corrected chi connectivity index (χ2v) is 9.60. The van der Waals surface area contributed by atoms with Gasteiger partial charge >= 0.3 is 6.18 Å². The first kappa shape index (κ1) is 25.5. The molecule has 0 radical (unpaired) electrons. The third-order valence-corrected chi connectivity index (χ3v) is 7.08. The second-order valence-electron chi connectivity index (χ2n) is 8.52. The second kappa shape index (κ2) is 10.7. The lowest BCUT2D eigenvalue weighted by Crippen LogP contribution is -2.05. The Morgan fingerprint density at radius 2 is 1.74 bits per heavy atom. The molecule has 0 unspecified atom stereocenters. The summed E-state index contributed by atoms with van der Waals surface area (Å²) in [6.45, 7) is -0.00422. The van der Waals surface area contributed by atoms with Gasteiger partial charge in [-0.2, -0.15) is 13.2 Å². The predicted octanol–water partition coefficient (Wildman–Crippen LogP) is 8.40. The minimum Gasteiger partial charge on any atom is -0.496 e. The Morgan fingerprint density at radius 1 is 0.921 bits per heavy atom. The molecule has 0 saturated carbocycles. The minimum atomic E-state index is -4.45.